The average molecular weight is 204 g/mol. The Kier molecular flexibility index (Phi) is 2.75. The summed E-state index contributed by atoms with van der Waals surface area (Å²) in [4.78, 5) is 1.95. The lowest BCUT2D eigenvalue weighted by molar-refractivity contribution is 0.00524. The molecule has 4 heteroatoms. The first-order valence-corrected chi connectivity index (χ1v) is 5.44. The molecule has 2 aliphatic rings. The van der Waals surface area contributed by atoms with Gasteiger partial charge in [-0.3, -0.25) is 4.90 Å². The standard InChI is InChI=1S/C10H18F2N2/c11-10(12)5-6-14(7-10)9-3-1-8(13)2-4-9/h8-9H,1-7,13H2/t8-,9-. The summed E-state index contributed by atoms with van der Waals surface area (Å²) < 4.78 is 25.9. The molecule has 14 heavy (non-hydrogen) atoms. The van der Waals surface area contributed by atoms with Crippen molar-refractivity contribution < 1.29 is 8.78 Å². The molecular formula is C10H18F2N2. The van der Waals surface area contributed by atoms with E-state index < -0.39 is 5.92 Å². The largest absolute Gasteiger partial charge is 0.328 e. The van der Waals surface area contributed by atoms with Crippen LogP contribution in [-0.4, -0.2) is 36.0 Å². The second-order valence-corrected chi connectivity index (χ2v) is 4.65. The minimum atomic E-state index is -2.44. The first kappa shape index (κ1) is 10.3. The number of hydrogen-bond acceptors (Lipinski definition) is 2. The molecule has 0 spiro atoms. The van der Waals surface area contributed by atoms with Crippen LogP contribution in [0.1, 0.15) is 32.1 Å². The summed E-state index contributed by atoms with van der Waals surface area (Å²) in [5.41, 5.74) is 5.78. The predicted molar refractivity (Wildman–Crippen MR) is 51.4 cm³/mol. The van der Waals surface area contributed by atoms with Crippen LogP contribution < -0.4 is 5.73 Å². The van der Waals surface area contributed by atoms with Gasteiger partial charge in [-0.05, 0) is 25.7 Å². The molecule has 82 valence electrons. The van der Waals surface area contributed by atoms with Crippen LogP contribution in [0.2, 0.25) is 0 Å². The van der Waals surface area contributed by atoms with Crippen molar-refractivity contribution in [2.45, 2.75) is 50.1 Å². The van der Waals surface area contributed by atoms with Gasteiger partial charge in [0.15, 0.2) is 0 Å². The molecule has 1 aliphatic heterocycles. The Balaban J connectivity index is 1.85. The minimum Gasteiger partial charge on any atom is -0.328 e. The highest BCUT2D eigenvalue weighted by Crippen LogP contribution is 2.32. The normalized spacial score (nSPS) is 38.8. The molecule has 0 aromatic rings. The number of hydrogen-bond donors (Lipinski definition) is 1. The molecule has 1 heterocycles. The fourth-order valence-corrected chi connectivity index (χ4v) is 2.54. The summed E-state index contributed by atoms with van der Waals surface area (Å²) in [6, 6.07) is 0.664. The van der Waals surface area contributed by atoms with Crippen LogP contribution in [0.5, 0.6) is 0 Å². The Morgan fingerprint density at radius 2 is 1.79 bits per heavy atom. The molecular weight excluding hydrogens is 186 g/mol. The topological polar surface area (TPSA) is 29.3 Å². The smallest absolute Gasteiger partial charge is 0.261 e. The molecule has 1 aliphatic carbocycles. The molecule has 2 nitrogen and oxygen atoms in total. The van der Waals surface area contributed by atoms with Crippen LogP contribution in [0, 0.1) is 0 Å². The van der Waals surface area contributed by atoms with Gasteiger partial charge < -0.3 is 5.73 Å². The Morgan fingerprint density at radius 3 is 2.29 bits per heavy atom. The van der Waals surface area contributed by atoms with E-state index >= 15 is 0 Å². The molecule has 0 amide bonds. The van der Waals surface area contributed by atoms with E-state index in [4.69, 9.17) is 5.73 Å². The van der Waals surface area contributed by atoms with Crippen LogP contribution in [0.4, 0.5) is 8.78 Å². The van der Waals surface area contributed by atoms with Crippen LogP contribution in [-0.2, 0) is 0 Å². The van der Waals surface area contributed by atoms with E-state index in [2.05, 4.69) is 0 Å². The first-order valence-electron chi connectivity index (χ1n) is 5.44. The van der Waals surface area contributed by atoms with E-state index in [9.17, 15) is 8.78 Å². The summed E-state index contributed by atoms with van der Waals surface area (Å²) in [6.07, 6.45) is 4.02. The molecule has 0 radical (unpaired) electrons. The van der Waals surface area contributed by atoms with Gasteiger partial charge in [0.25, 0.3) is 5.92 Å². The van der Waals surface area contributed by atoms with Crippen molar-refractivity contribution in [2.24, 2.45) is 5.73 Å². The Bertz CT molecular complexity index is 200. The second kappa shape index (κ2) is 3.74. The molecule has 2 fully saturated rings. The van der Waals surface area contributed by atoms with Crippen molar-refractivity contribution in [1.29, 1.82) is 0 Å². The Labute approximate surface area is 83.4 Å². The lowest BCUT2D eigenvalue weighted by Gasteiger charge is -2.33. The van der Waals surface area contributed by atoms with Crippen molar-refractivity contribution in [3.05, 3.63) is 0 Å². The van der Waals surface area contributed by atoms with Gasteiger partial charge in [0.05, 0.1) is 6.54 Å². The van der Waals surface area contributed by atoms with Crippen molar-refractivity contribution in [2.75, 3.05) is 13.1 Å². The van der Waals surface area contributed by atoms with Crippen molar-refractivity contribution in [1.82, 2.24) is 4.90 Å². The van der Waals surface area contributed by atoms with E-state index in [1.54, 1.807) is 0 Å². The van der Waals surface area contributed by atoms with Crippen LogP contribution in [0.15, 0.2) is 0 Å². The van der Waals surface area contributed by atoms with Gasteiger partial charge in [0.2, 0.25) is 0 Å². The van der Waals surface area contributed by atoms with E-state index in [1.165, 1.54) is 0 Å². The van der Waals surface area contributed by atoms with Crippen LogP contribution in [0.25, 0.3) is 0 Å². The lowest BCUT2D eigenvalue weighted by Crippen LogP contribution is -2.40. The van der Waals surface area contributed by atoms with E-state index in [0.29, 0.717) is 18.6 Å². The summed E-state index contributed by atoms with van der Waals surface area (Å²) in [7, 11) is 0. The van der Waals surface area contributed by atoms with Crippen molar-refractivity contribution >= 4 is 0 Å². The molecule has 2 N–H and O–H groups in total. The van der Waals surface area contributed by atoms with Gasteiger partial charge in [-0.2, -0.15) is 0 Å². The number of nitrogens with two attached hydrogens (primary N) is 1. The number of rotatable bonds is 1. The van der Waals surface area contributed by atoms with Gasteiger partial charge in [-0.15, -0.1) is 0 Å². The molecule has 2 rings (SSSR count). The highest BCUT2D eigenvalue weighted by Gasteiger charge is 2.41. The van der Waals surface area contributed by atoms with Gasteiger partial charge >= 0.3 is 0 Å². The van der Waals surface area contributed by atoms with Gasteiger partial charge in [0, 0.05) is 25.0 Å². The summed E-state index contributed by atoms with van der Waals surface area (Å²) >= 11 is 0. The maximum Gasteiger partial charge on any atom is 0.261 e. The SMILES string of the molecule is N[C@H]1CC[C@H](N2CCC(F)(F)C2)CC1. The Morgan fingerprint density at radius 1 is 1.14 bits per heavy atom. The third-order valence-electron chi connectivity index (χ3n) is 3.46. The zero-order chi connectivity index (χ0) is 10.2. The number of likely N-dealkylation sites (tertiary alicyclic amines) is 1. The van der Waals surface area contributed by atoms with Crippen molar-refractivity contribution in [3.63, 3.8) is 0 Å². The predicted octanol–water partition coefficient (Wildman–Crippen LogP) is 1.60. The molecule has 0 aromatic carbocycles. The first-order chi connectivity index (χ1) is 6.57. The highest BCUT2D eigenvalue weighted by atomic mass is 19.3. The number of halogens is 2. The molecule has 0 atom stereocenters. The number of alkyl halides is 2. The Hall–Kier alpha value is -0.220. The molecule has 0 bridgehead atoms. The summed E-state index contributed by atoms with van der Waals surface area (Å²) in [5, 5.41) is 0. The molecule has 1 saturated carbocycles. The van der Waals surface area contributed by atoms with E-state index in [1.807, 2.05) is 4.90 Å². The number of nitrogens with zero attached hydrogens (tertiary/aromatic N) is 1. The molecule has 1 saturated heterocycles. The third kappa shape index (κ3) is 2.23. The zero-order valence-corrected chi connectivity index (χ0v) is 8.38. The molecule has 0 unspecified atom stereocenters. The quantitative estimate of drug-likeness (QED) is 0.703. The van der Waals surface area contributed by atoms with Crippen molar-refractivity contribution in [3.8, 4) is 0 Å². The van der Waals surface area contributed by atoms with Gasteiger partial charge in [0.1, 0.15) is 0 Å². The monoisotopic (exact) mass is 204 g/mol. The fourth-order valence-electron chi connectivity index (χ4n) is 2.54. The van der Waals surface area contributed by atoms with E-state index in [0.717, 1.165) is 25.7 Å². The maximum absolute atomic E-state index is 13.0. The third-order valence-corrected chi connectivity index (χ3v) is 3.46. The summed E-state index contributed by atoms with van der Waals surface area (Å²) in [6.45, 7) is 0.528. The second-order valence-electron chi connectivity index (χ2n) is 4.65. The lowest BCUT2D eigenvalue weighted by atomic mass is 9.91. The van der Waals surface area contributed by atoms with Crippen LogP contribution >= 0.6 is 0 Å². The average Bonchev–Trinajstić information content (AvgIpc) is 2.47. The summed E-state index contributed by atoms with van der Waals surface area (Å²) in [5.74, 6) is -2.44. The fraction of sp³-hybridized carbons (Fsp3) is 1.00. The molecule has 0 aromatic heterocycles. The maximum atomic E-state index is 13.0. The zero-order valence-electron chi connectivity index (χ0n) is 8.38. The van der Waals surface area contributed by atoms with Crippen LogP contribution in [0.3, 0.4) is 0 Å². The van der Waals surface area contributed by atoms with Gasteiger partial charge in [-0.1, -0.05) is 0 Å². The van der Waals surface area contributed by atoms with Gasteiger partial charge in [-0.25, -0.2) is 8.78 Å². The highest BCUT2D eigenvalue weighted by molar-refractivity contribution is 4.89. The van der Waals surface area contributed by atoms with E-state index in [-0.39, 0.29) is 13.0 Å². The minimum absolute atomic E-state index is 0.0348.